The van der Waals surface area contributed by atoms with Crippen molar-refractivity contribution in [3.63, 3.8) is 0 Å². The Morgan fingerprint density at radius 2 is 2.09 bits per heavy atom. The monoisotopic (exact) mass is 320 g/mol. The molecule has 1 saturated carbocycles. The molecule has 4 nitrogen and oxygen atoms in total. The van der Waals surface area contributed by atoms with Crippen molar-refractivity contribution in [2.24, 2.45) is 22.6 Å². The van der Waals surface area contributed by atoms with Crippen molar-refractivity contribution in [1.82, 2.24) is 10.2 Å². The fourth-order valence-corrected chi connectivity index (χ4v) is 3.93. The topological polar surface area (TPSA) is 53.6 Å². The molecule has 0 atom stereocenters. The minimum absolute atomic E-state index is 0.646. The van der Waals surface area contributed by atoms with E-state index in [0.717, 1.165) is 31.5 Å². The summed E-state index contributed by atoms with van der Waals surface area (Å²) in [6, 6.07) is 4.37. The van der Waals surface area contributed by atoms with E-state index in [0.29, 0.717) is 5.96 Å². The van der Waals surface area contributed by atoms with Gasteiger partial charge in [-0.3, -0.25) is 9.89 Å². The van der Waals surface area contributed by atoms with E-state index in [1.807, 2.05) is 11.3 Å². The fraction of sp³-hybridized carbons (Fsp3) is 0.706. The van der Waals surface area contributed by atoms with Gasteiger partial charge in [0.1, 0.15) is 0 Å². The van der Waals surface area contributed by atoms with E-state index in [9.17, 15) is 0 Å². The van der Waals surface area contributed by atoms with Crippen molar-refractivity contribution in [3.05, 3.63) is 22.4 Å². The zero-order chi connectivity index (χ0) is 15.2. The van der Waals surface area contributed by atoms with Crippen LogP contribution in [-0.4, -0.2) is 37.0 Å². The summed E-state index contributed by atoms with van der Waals surface area (Å²) in [4.78, 5) is 8.51. The maximum Gasteiger partial charge on any atom is 0.188 e. The van der Waals surface area contributed by atoms with Crippen molar-refractivity contribution in [2.45, 2.75) is 38.6 Å². The van der Waals surface area contributed by atoms with Crippen molar-refractivity contribution >= 4 is 17.3 Å². The lowest BCUT2D eigenvalue weighted by atomic mass is 9.86. The van der Waals surface area contributed by atoms with Gasteiger partial charge < -0.3 is 11.1 Å². The molecular formula is C17H28N4S. The van der Waals surface area contributed by atoms with Crippen LogP contribution in [0.4, 0.5) is 0 Å². The Kier molecular flexibility index (Phi) is 5.73. The minimum atomic E-state index is 0.646. The van der Waals surface area contributed by atoms with Gasteiger partial charge in [-0.05, 0) is 62.1 Å². The second-order valence-corrected chi connectivity index (χ2v) is 7.73. The number of hydrogen-bond donors (Lipinski definition) is 2. The van der Waals surface area contributed by atoms with Crippen LogP contribution in [0.15, 0.2) is 22.5 Å². The number of guanidine groups is 1. The molecule has 1 aromatic heterocycles. The first kappa shape index (κ1) is 15.8. The molecule has 0 unspecified atom stereocenters. The van der Waals surface area contributed by atoms with E-state index >= 15 is 0 Å². The van der Waals surface area contributed by atoms with Crippen molar-refractivity contribution in [3.8, 4) is 0 Å². The molecule has 5 heteroatoms. The number of nitrogens with two attached hydrogens (primary N) is 1. The summed E-state index contributed by atoms with van der Waals surface area (Å²) >= 11 is 1.86. The van der Waals surface area contributed by atoms with Gasteiger partial charge in [0, 0.05) is 24.5 Å². The van der Waals surface area contributed by atoms with Crippen LogP contribution < -0.4 is 11.1 Å². The zero-order valence-electron chi connectivity index (χ0n) is 13.3. The SMILES string of the molecule is NC(=NCC1CCC1)NCC1CCN(Cc2cccs2)CC1. The molecule has 3 N–H and O–H groups in total. The van der Waals surface area contributed by atoms with Crippen LogP contribution in [0, 0.1) is 11.8 Å². The van der Waals surface area contributed by atoms with E-state index in [-0.39, 0.29) is 0 Å². The summed E-state index contributed by atoms with van der Waals surface area (Å²) in [5.41, 5.74) is 5.97. The Bertz CT molecular complexity index is 459. The fourth-order valence-electron chi connectivity index (χ4n) is 3.18. The largest absolute Gasteiger partial charge is 0.370 e. The first-order valence-corrected chi connectivity index (χ1v) is 9.46. The predicted octanol–water partition coefficient (Wildman–Crippen LogP) is 2.66. The van der Waals surface area contributed by atoms with Gasteiger partial charge in [0.15, 0.2) is 5.96 Å². The van der Waals surface area contributed by atoms with Gasteiger partial charge in [0.2, 0.25) is 0 Å². The predicted molar refractivity (Wildman–Crippen MR) is 94.2 cm³/mol. The highest BCUT2D eigenvalue weighted by molar-refractivity contribution is 7.09. The molecule has 1 aromatic rings. The van der Waals surface area contributed by atoms with Gasteiger partial charge >= 0.3 is 0 Å². The van der Waals surface area contributed by atoms with Crippen molar-refractivity contribution in [1.29, 1.82) is 0 Å². The number of aliphatic imine (C=N–C) groups is 1. The molecule has 22 heavy (non-hydrogen) atoms. The molecule has 3 rings (SSSR count). The normalized spacial score (nSPS) is 21.7. The first-order chi connectivity index (χ1) is 10.8. The quantitative estimate of drug-likeness (QED) is 0.626. The summed E-state index contributed by atoms with van der Waals surface area (Å²) in [6.07, 6.45) is 6.55. The Balaban J connectivity index is 1.31. The number of piperidine rings is 1. The zero-order valence-corrected chi connectivity index (χ0v) is 14.2. The first-order valence-electron chi connectivity index (χ1n) is 8.58. The number of nitrogens with one attached hydrogen (secondary N) is 1. The minimum Gasteiger partial charge on any atom is -0.370 e. The molecule has 1 aliphatic heterocycles. The Labute approximate surface area is 137 Å². The van der Waals surface area contributed by atoms with Crippen molar-refractivity contribution in [2.75, 3.05) is 26.2 Å². The third-order valence-electron chi connectivity index (χ3n) is 4.98. The molecule has 0 spiro atoms. The lowest BCUT2D eigenvalue weighted by Gasteiger charge is -2.31. The molecule has 0 bridgehead atoms. The molecule has 2 aliphatic rings. The average molecular weight is 321 g/mol. The molecule has 2 heterocycles. The smallest absolute Gasteiger partial charge is 0.188 e. The molecule has 0 radical (unpaired) electrons. The van der Waals surface area contributed by atoms with Crippen molar-refractivity contribution < 1.29 is 0 Å². The number of rotatable bonds is 6. The van der Waals surface area contributed by atoms with Gasteiger partial charge in [0.25, 0.3) is 0 Å². The Morgan fingerprint density at radius 3 is 2.73 bits per heavy atom. The van der Waals surface area contributed by atoms with E-state index in [1.54, 1.807) is 0 Å². The average Bonchev–Trinajstić information content (AvgIpc) is 2.98. The van der Waals surface area contributed by atoms with Crippen LogP contribution >= 0.6 is 11.3 Å². The van der Waals surface area contributed by atoms with E-state index in [1.165, 1.54) is 50.1 Å². The van der Waals surface area contributed by atoms with Gasteiger partial charge in [-0.2, -0.15) is 0 Å². The summed E-state index contributed by atoms with van der Waals surface area (Å²) < 4.78 is 0. The highest BCUT2D eigenvalue weighted by Crippen LogP contribution is 2.26. The highest BCUT2D eigenvalue weighted by Gasteiger charge is 2.20. The summed E-state index contributed by atoms with van der Waals surface area (Å²) in [5.74, 6) is 2.17. The van der Waals surface area contributed by atoms with Crippen LogP contribution in [-0.2, 0) is 6.54 Å². The van der Waals surface area contributed by atoms with Crippen LogP contribution in [0.1, 0.15) is 37.0 Å². The van der Waals surface area contributed by atoms with Crippen LogP contribution in [0.2, 0.25) is 0 Å². The van der Waals surface area contributed by atoms with Gasteiger partial charge in [-0.25, -0.2) is 0 Å². The van der Waals surface area contributed by atoms with Crippen LogP contribution in [0.3, 0.4) is 0 Å². The lowest BCUT2D eigenvalue weighted by Crippen LogP contribution is -2.40. The Morgan fingerprint density at radius 1 is 1.27 bits per heavy atom. The van der Waals surface area contributed by atoms with E-state index < -0.39 is 0 Å². The number of thiophene rings is 1. The van der Waals surface area contributed by atoms with Gasteiger partial charge in [-0.1, -0.05) is 12.5 Å². The summed E-state index contributed by atoms with van der Waals surface area (Å²) in [6.45, 7) is 5.40. The lowest BCUT2D eigenvalue weighted by molar-refractivity contribution is 0.179. The van der Waals surface area contributed by atoms with Crippen LogP contribution in [0.5, 0.6) is 0 Å². The van der Waals surface area contributed by atoms with E-state index in [4.69, 9.17) is 5.73 Å². The van der Waals surface area contributed by atoms with Gasteiger partial charge in [-0.15, -0.1) is 11.3 Å². The van der Waals surface area contributed by atoms with Gasteiger partial charge in [0.05, 0.1) is 0 Å². The second kappa shape index (κ2) is 7.97. The molecule has 0 aromatic carbocycles. The molecular weight excluding hydrogens is 292 g/mol. The Hall–Kier alpha value is -1.07. The van der Waals surface area contributed by atoms with E-state index in [2.05, 4.69) is 32.7 Å². The standard InChI is InChI=1S/C17H28N4S/c18-17(19-11-14-3-1-4-14)20-12-15-6-8-21(9-7-15)13-16-5-2-10-22-16/h2,5,10,14-15H,1,3-4,6-9,11-13H2,(H3,18,19,20). The highest BCUT2D eigenvalue weighted by atomic mass is 32.1. The molecule has 122 valence electrons. The summed E-state index contributed by atoms with van der Waals surface area (Å²) in [7, 11) is 0. The third kappa shape index (κ3) is 4.71. The molecule has 1 saturated heterocycles. The van der Waals surface area contributed by atoms with Crippen LogP contribution in [0.25, 0.3) is 0 Å². The molecule has 0 amide bonds. The molecule has 2 fully saturated rings. The number of hydrogen-bond acceptors (Lipinski definition) is 3. The number of likely N-dealkylation sites (tertiary alicyclic amines) is 1. The summed E-state index contributed by atoms with van der Waals surface area (Å²) in [5, 5.41) is 5.49. The maximum absolute atomic E-state index is 5.97. The molecule has 1 aliphatic carbocycles. The number of nitrogens with zero attached hydrogens (tertiary/aromatic N) is 2. The third-order valence-corrected chi connectivity index (χ3v) is 5.84. The second-order valence-electron chi connectivity index (χ2n) is 6.70. The maximum atomic E-state index is 5.97.